The van der Waals surface area contributed by atoms with Crippen LogP contribution in [-0.2, 0) is 18.4 Å². The summed E-state index contributed by atoms with van der Waals surface area (Å²) in [7, 11) is -4.33. The summed E-state index contributed by atoms with van der Waals surface area (Å²) >= 11 is 0. The maximum Gasteiger partial charge on any atom is 0.472 e. The number of aliphatic hydroxyl groups is 1. The Morgan fingerprint density at radius 2 is 1.12 bits per heavy atom. The Labute approximate surface area is 295 Å². The molecule has 0 aliphatic heterocycles. The van der Waals surface area contributed by atoms with Crippen LogP contribution in [0.1, 0.15) is 174 Å². The van der Waals surface area contributed by atoms with E-state index >= 15 is 0 Å². The van der Waals surface area contributed by atoms with Crippen LogP contribution in [0.5, 0.6) is 0 Å². The van der Waals surface area contributed by atoms with Crippen LogP contribution in [0.25, 0.3) is 0 Å². The summed E-state index contributed by atoms with van der Waals surface area (Å²) in [6.07, 6.45) is 40.7. The maximum absolute atomic E-state index is 12.7. The van der Waals surface area contributed by atoms with Crippen molar-refractivity contribution in [3.63, 3.8) is 0 Å². The van der Waals surface area contributed by atoms with Gasteiger partial charge in [-0.3, -0.25) is 13.8 Å². The molecule has 3 atom stereocenters. The van der Waals surface area contributed by atoms with E-state index in [-0.39, 0.29) is 25.7 Å². The van der Waals surface area contributed by atoms with Crippen molar-refractivity contribution in [3.8, 4) is 0 Å². The smallest absolute Gasteiger partial charge is 0.387 e. The summed E-state index contributed by atoms with van der Waals surface area (Å²) < 4.78 is 21.9. The lowest BCUT2D eigenvalue weighted by molar-refractivity contribution is -0.123. The number of carbonyl (C=O) groups excluding carboxylic acids is 1. The second kappa shape index (κ2) is 35.5. The molecule has 282 valence electrons. The number of unbranched alkanes of at least 4 members (excludes halogenated alkanes) is 20. The van der Waals surface area contributed by atoms with Crippen LogP contribution in [0.4, 0.5) is 0 Å². The second-order valence-corrected chi connectivity index (χ2v) is 14.6. The highest BCUT2D eigenvalue weighted by atomic mass is 31.2. The molecule has 0 rings (SSSR count). The fraction of sp³-hybridized carbons (Fsp3) is 0.821. The number of amides is 1. The van der Waals surface area contributed by atoms with E-state index in [4.69, 9.17) is 14.8 Å². The van der Waals surface area contributed by atoms with Crippen LogP contribution in [0.15, 0.2) is 36.5 Å². The molecule has 0 aromatic carbocycles. The third kappa shape index (κ3) is 33.2. The monoisotopic (exact) mass is 699 g/mol. The Kier molecular flexibility index (Phi) is 34.6. The van der Waals surface area contributed by atoms with E-state index < -0.39 is 20.0 Å². The number of phosphoric ester groups is 1. The minimum Gasteiger partial charge on any atom is -0.387 e. The van der Waals surface area contributed by atoms with E-state index in [2.05, 4.69) is 43.5 Å². The predicted octanol–water partition coefficient (Wildman–Crippen LogP) is 10.4. The number of nitrogens with two attached hydrogens (primary N) is 1. The third-order valence-corrected chi connectivity index (χ3v) is 9.42. The SMILES string of the molecule is CCCC/C=C/CC/C=C/C(O)C(COP(=O)(O)OCCN)NC(=O)CCCCCCCCCCC/C=C\CCCCCCCCCC. The van der Waals surface area contributed by atoms with Gasteiger partial charge in [-0.1, -0.05) is 153 Å². The van der Waals surface area contributed by atoms with E-state index in [0.29, 0.717) is 6.42 Å². The molecule has 9 heteroatoms. The Morgan fingerprint density at radius 3 is 1.67 bits per heavy atom. The largest absolute Gasteiger partial charge is 0.472 e. The van der Waals surface area contributed by atoms with Gasteiger partial charge in [-0.05, 0) is 51.4 Å². The van der Waals surface area contributed by atoms with Gasteiger partial charge in [0.25, 0.3) is 0 Å². The number of nitrogens with one attached hydrogen (secondary N) is 1. The fourth-order valence-corrected chi connectivity index (χ4v) is 6.18. The van der Waals surface area contributed by atoms with Crippen LogP contribution < -0.4 is 11.1 Å². The number of carbonyl (C=O) groups is 1. The Morgan fingerprint density at radius 1 is 0.667 bits per heavy atom. The Balaban J connectivity index is 4.11. The predicted molar refractivity (Wildman–Crippen MR) is 203 cm³/mol. The fourth-order valence-electron chi connectivity index (χ4n) is 5.42. The quantitative estimate of drug-likeness (QED) is 0.0291. The van der Waals surface area contributed by atoms with E-state index in [9.17, 15) is 19.4 Å². The molecule has 0 heterocycles. The van der Waals surface area contributed by atoms with Gasteiger partial charge in [0, 0.05) is 13.0 Å². The van der Waals surface area contributed by atoms with E-state index in [0.717, 1.165) is 38.5 Å². The molecule has 0 aromatic rings. The van der Waals surface area contributed by atoms with Crippen molar-refractivity contribution in [3.05, 3.63) is 36.5 Å². The molecule has 0 saturated heterocycles. The highest BCUT2D eigenvalue weighted by Crippen LogP contribution is 2.43. The Hall–Kier alpha value is -1.28. The average Bonchev–Trinajstić information content (AvgIpc) is 3.07. The van der Waals surface area contributed by atoms with Gasteiger partial charge >= 0.3 is 7.82 Å². The van der Waals surface area contributed by atoms with Crippen molar-refractivity contribution in [2.75, 3.05) is 19.8 Å². The minimum absolute atomic E-state index is 0.0731. The minimum atomic E-state index is -4.33. The first kappa shape index (κ1) is 46.7. The molecule has 5 N–H and O–H groups in total. The standard InChI is InChI=1S/C39H75N2O6P/c1-3-5-7-9-11-13-14-15-16-17-18-19-20-21-22-23-24-25-27-29-31-33-39(43)41-37(36-47-48(44,45)46-35-34-40)38(42)32-30-28-26-12-10-8-6-4-2/h10,12,17-18,30,32,37-38,42H,3-9,11,13-16,19-29,31,33-36,40H2,1-2H3,(H,41,43)(H,44,45)/b12-10+,18-17-,32-30+. The average molecular weight is 699 g/mol. The highest BCUT2D eigenvalue weighted by molar-refractivity contribution is 7.47. The summed E-state index contributed by atoms with van der Waals surface area (Å²) in [4.78, 5) is 22.5. The molecule has 0 saturated carbocycles. The van der Waals surface area contributed by atoms with Crippen molar-refractivity contribution >= 4 is 13.7 Å². The zero-order valence-electron chi connectivity index (χ0n) is 31.0. The second-order valence-electron chi connectivity index (χ2n) is 13.1. The Bertz CT molecular complexity index is 850. The molecular weight excluding hydrogens is 623 g/mol. The molecule has 0 aromatic heterocycles. The molecule has 48 heavy (non-hydrogen) atoms. The van der Waals surface area contributed by atoms with Crippen LogP contribution in [0, 0.1) is 0 Å². The van der Waals surface area contributed by atoms with Gasteiger partial charge < -0.3 is 21.1 Å². The van der Waals surface area contributed by atoms with Gasteiger partial charge in [0.15, 0.2) is 0 Å². The zero-order chi connectivity index (χ0) is 35.4. The van der Waals surface area contributed by atoms with E-state index in [1.807, 2.05) is 6.08 Å². The summed E-state index contributed by atoms with van der Waals surface area (Å²) in [5.41, 5.74) is 5.34. The molecule has 1 amide bonds. The van der Waals surface area contributed by atoms with Gasteiger partial charge in [0.05, 0.1) is 25.4 Å². The van der Waals surface area contributed by atoms with E-state index in [1.165, 1.54) is 116 Å². The van der Waals surface area contributed by atoms with Crippen molar-refractivity contribution in [1.29, 1.82) is 0 Å². The maximum atomic E-state index is 12.7. The highest BCUT2D eigenvalue weighted by Gasteiger charge is 2.26. The lowest BCUT2D eigenvalue weighted by Crippen LogP contribution is -2.45. The summed E-state index contributed by atoms with van der Waals surface area (Å²) in [5.74, 6) is -0.211. The summed E-state index contributed by atoms with van der Waals surface area (Å²) in [6.45, 7) is 4.02. The van der Waals surface area contributed by atoms with Crippen molar-refractivity contribution in [2.45, 2.75) is 187 Å². The lowest BCUT2D eigenvalue weighted by atomic mass is 10.0. The number of rotatable bonds is 36. The number of allylic oxidation sites excluding steroid dienone is 5. The molecule has 0 fully saturated rings. The molecule has 0 aliphatic rings. The topological polar surface area (TPSA) is 131 Å². The van der Waals surface area contributed by atoms with Crippen molar-refractivity contribution in [1.82, 2.24) is 5.32 Å². The molecule has 0 aliphatic carbocycles. The van der Waals surface area contributed by atoms with Crippen LogP contribution in [0.2, 0.25) is 0 Å². The van der Waals surface area contributed by atoms with Gasteiger partial charge in [0.2, 0.25) is 5.91 Å². The first-order valence-electron chi connectivity index (χ1n) is 19.6. The van der Waals surface area contributed by atoms with Crippen LogP contribution >= 0.6 is 7.82 Å². The molecule has 0 spiro atoms. The zero-order valence-corrected chi connectivity index (χ0v) is 31.9. The van der Waals surface area contributed by atoms with E-state index in [1.54, 1.807) is 6.08 Å². The van der Waals surface area contributed by atoms with Crippen LogP contribution in [0.3, 0.4) is 0 Å². The normalized spacial score (nSPS) is 14.7. The molecule has 0 radical (unpaired) electrons. The van der Waals surface area contributed by atoms with Crippen LogP contribution in [-0.4, -0.2) is 47.8 Å². The molecule has 0 bridgehead atoms. The van der Waals surface area contributed by atoms with Gasteiger partial charge in [-0.25, -0.2) is 4.57 Å². The third-order valence-electron chi connectivity index (χ3n) is 8.44. The summed E-state index contributed by atoms with van der Waals surface area (Å²) in [5, 5.41) is 13.5. The van der Waals surface area contributed by atoms with Crippen molar-refractivity contribution < 1.29 is 28.4 Å². The van der Waals surface area contributed by atoms with Gasteiger partial charge in [-0.15, -0.1) is 0 Å². The number of phosphoric acid groups is 1. The molecular formula is C39H75N2O6P. The first-order chi connectivity index (χ1) is 23.4. The number of hydrogen-bond donors (Lipinski definition) is 4. The van der Waals surface area contributed by atoms with Gasteiger partial charge in [0.1, 0.15) is 0 Å². The first-order valence-corrected chi connectivity index (χ1v) is 21.1. The van der Waals surface area contributed by atoms with Crippen molar-refractivity contribution in [2.24, 2.45) is 5.73 Å². The molecule has 3 unspecified atom stereocenters. The summed E-state index contributed by atoms with van der Waals surface area (Å²) in [6, 6.07) is -0.874. The van der Waals surface area contributed by atoms with Gasteiger partial charge in [-0.2, -0.15) is 0 Å². The molecule has 8 nitrogen and oxygen atoms in total. The lowest BCUT2D eigenvalue weighted by Gasteiger charge is -2.23. The number of hydrogen-bond acceptors (Lipinski definition) is 6. The number of aliphatic hydroxyl groups excluding tert-OH is 1.